The Kier molecular flexibility index (Phi) is 3.83. The molecular formula is C22H23N3O2. The lowest BCUT2D eigenvalue weighted by molar-refractivity contribution is 0.415. The number of aromatic amines is 2. The van der Waals surface area contributed by atoms with Gasteiger partial charge in [0.15, 0.2) is 0 Å². The molecule has 0 saturated heterocycles. The third kappa shape index (κ3) is 2.66. The molecule has 0 aliphatic carbocycles. The van der Waals surface area contributed by atoms with Gasteiger partial charge in [-0.05, 0) is 66.9 Å². The number of nitrogens with one attached hydrogen (secondary N) is 3. The zero-order chi connectivity index (χ0) is 18.4. The molecule has 0 fully saturated rings. The highest BCUT2D eigenvalue weighted by Crippen LogP contribution is 2.35. The number of hydrogen-bond donors (Lipinski definition) is 3. The number of H-pyrrole nitrogens is 2. The fourth-order valence-corrected chi connectivity index (χ4v) is 4.26. The van der Waals surface area contributed by atoms with Gasteiger partial charge in [0.25, 0.3) is 0 Å². The SMILES string of the molecule is COc1ccc2[nH]cc(C[C@@H]3NCCc4c3[nH]c3ccc(OC)cc43)c2c1. The van der Waals surface area contributed by atoms with Crippen LogP contribution in [0.2, 0.25) is 0 Å². The summed E-state index contributed by atoms with van der Waals surface area (Å²) in [7, 11) is 3.43. The first kappa shape index (κ1) is 16.3. The molecule has 0 spiro atoms. The lowest BCUT2D eigenvalue weighted by Gasteiger charge is -2.24. The lowest BCUT2D eigenvalue weighted by Crippen LogP contribution is -2.31. The van der Waals surface area contributed by atoms with Crippen molar-refractivity contribution in [3.63, 3.8) is 0 Å². The van der Waals surface area contributed by atoms with E-state index in [4.69, 9.17) is 9.47 Å². The van der Waals surface area contributed by atoms with Crippen molar-refractivity contribution in [3.05, 3.63) is 59.4 Å². The van der Waals surface area contributed by atoms with Gasteiger partial charge in [-0.15, -0.1) is 0 Å². The minimum atomic E-state index is 0.261. The van der Waals surface area contributed by atoms with Crippen molar-refractivity contribution in [3.8, 4) is 11.5 Å². The van der Waals surface area contributed by atoms with E-state index >= 15 is 0 Å². The summed E-state index contributed by atoms with van der Waals surface area (Å²) < 4.78 is 10.8. The number of aromatic nitrogens is 2. The van der Waals surface area contributed by atoms with Crippen molar-refractivity contribution >= 4 is 21.8 Å². The molecule has 0 amide bonds. The van der Waals surface area contributed by atoms with E-state index in [-0.39, 0.29) is 6.04 Å². The van der Waals surface area contributed by atoms with Crippen LogP contribution in [-0.4, -0.2) is 30.7 Å². The van der Waals surface area contributed by atoms with Crippen LogP contribution >= 0.6 is 0 Å². The van der Waals surface area contributed by atoms with Crippen LogP contribution in [0, 0.1) is 0 Å². The highest BCUT2D eigenvalue weighted by Gasteiger charge is 2.25. The first-order valence-electron chi connectivity index (χ1n) is 9.32. The maximum Gasteiger partial charge on any atom is 0.119 e. The van der Waals surface area contributed by atoms with Crippen molar-refractivity contribution in [1.82, 2.24) is 15.3 Å². The number of fused-ring (bicyclic) bond motifs is 4. The van der Waals surface area contributed by atoms with Gasteiger partial charge in [-0.25, -0.2) is 0 Å². The molecule has 2 aromatic heterocycles. The van der Waals surface area contributed by atoms with E-state index in [9.17, 15) is 0 Å². The Balaban J connectivity index is 1.55. The van der Waals surface area contributed by atoms with Gasteiger partial charge in [0.1, 0.15) is 11.5 Å². The Morgan fingerprint density at radius 3 is 2.48 bits per heavy atom. The van der Waals surface area contributed by atoms with E-state index < -0.39 is 0 Å². The number of rotatable bonds is 4. The summed E-state index contributed by atoms with van der Waals surface area (Å²) >= 11 is 0. The van der Waals surface area contributed by atoms with E-state index in [1.807, 2.05) is 12.1 Å². The second-order valence-electron chi connectivity index (χ2n) is 7.12. The molecule has 0 radical (unpaired) electrons. The molecule has 3 N–H and O–H groups in total. The van der Waals surface area contributed by atoms with E-state index in [0.717, 1.165) is 36.4 Å². The third-order valence-corrected chi connectivity index (χ3v) is 5.66. The molecule has 5 nitrogen and oxygen atoms in total. The molecule has 5 heteroatoms. The molecule has 0 bridgehead atoms. The monoisotopic (exact) mass is 361 g/mol. The molecule has 27 heavy (non-hydrogen) atoms. The van der Waals surface area contributed by atoms with Crippen molar-refractivity contribution in [2.45, 2.75) is 18.9 Å². The summed E-state index contributed by atoms with van der Waals surface area (Å²) in [6, 6.07) is 12.7. The Hall–Kier alpha value is -2.92. The number of hydrogen-bond acceptors (Lipinski definition) is 3. The normalized spacial score (nSPS) is 16.6. The Labute approximate surface area is 157 Å². The van der Waals surface area contributed by atoms with Crippen molar-refractivity contribution in [2.75, 3.05) is 20.8 Å². The number of methoxy groups -OCH3 is 2. The molecular weight excluding hydrogens is 338 g/mol. The molecule has 4 aromatic rings. The highest BCUT2D eigenvalue weighted by atomic mass is 16.5. The average Bonchev–Trinajstić information content (AvgIpc) is 3.29. The summed E-state index contributed by atoms with van der Waals surface area (Å²) in [5.41, 5.74) is 6.32. The molecule has 1 atom stereocenters. The summed E-state index contributed by atoms with van der Waals surface area (Å²) in [6.45, 7) is 0.980. The lowest BCUT2D eigenvalue weighted by atomic mass is 9.94. The summed E-state index contributed by atoms with van der Waals surface area (Å²) in [6.07, 6.45) is 4.07. The van der Waals surface area contributed by atoms with Gasteiger partial charge in [0.05, 0.1) is 20.3 Å². The molecule has 0 unspecified atom stereocenters. The highest BCUT2D eigenvalue weighted by molar-refractivity contribution is 5.87. The van der Waals surface area contributed by atoms with Crippen LogP contribution in [0.15, 0.2) is 42.6 Å². The summed E-state index contributed by atoms with van der Waals surface area (Å²) in [5.74, 6) is 1.79. The van der Waals surface area contributed by atoms with Gasteiger partial charge in [0.2, 0.25) is 0 Å². The molecule has 1 aliphatic heterocycles. The summed E-state index contributed by atoms with van der Waals surface area (Å²) in [4.78, 5) is 7.03. The van der Waals surface area contributed by atoms with Crippen LogP contribution < -0.4 is 14.8 Å². The zero-order valence-electron chi connectivity index (χ0n) is 15.6. The average molecular weight is 361 g/mol. The predicted octanol–water partition coefficient (Wildman–Crippen LogP) is 4.10. The van der Waals surface area contributed by atoms with Crippen LogP contribution in [0.5, 0.6) is 11.5 Å². The van der Waals surface area contributed by atoms with E-state index in [1.54, 1.807) is 14.2 Å². The standard InChI is InChI=1S/C22H23N3O2/c1-26-14-3-5-19-17(10-14)13(12-24-19)9-21-22-16(7-8-23-21)18-11-15(27-2)4-6-20(18)25-22/h3-6,10-12,21,23-25H,7-9H2,1-2H3/t21-/m0/s1. The van der Waals surface area contributed by atoms with Crippen LogP contribution in [0.4, 0.5) is 0 Å². The van der Waals surface area contributed by atoms with Gasteiger partial charge in [-0.1, -0.05) is 0 Å². The van der Waals surface area contributed by atoms with Crippen LogP contribution in [0.1, 0.15) is 22.9 Å². The first-order chi connectivity index (χ1) is 13.3. The predicted molar refractivity (Wildman–Crippen MR) is 108 cm³/mol. The maximum atomic E-state index is 5.42. The fraction of sp³-hybridized carbons (Fsp3) is 0.273. The van der Waals surface area contributed by atoms with Crippen LogP contribution in [-0.2, 0) is 12.8 Å². The molecule has 138 valence electrons. The first-order valence-corrected chi connectivity index (χ1v) is 9.32. The minimum Gasteiger partial charge on any atom is -0.497 e. The van der Waals surface area contributed by atoms with E-state index in [2.05, 4.69) is 45.7 Å². The molecule has 1 aliphatic rings. The van der Waals surface area contributed by atoms with E-state index in [0.29, 0.717) is 0 Å². The summed E-state index contributed by atoms with van der Waals surface area (Å²) in [5, 5.41) is 6.19. The quantitative estimate of drug-likeness (QED) is 0.513. The number of benzene rings is 2. The zero-order valence-corrected chi connectivity index (χ0v) is 15.6. The number of ether oxygens (including phenoxy) is 2. The third-order valence-electron chi connectivity index (χ3n) is 5.66. The Bertz CT molecular complexity index is 1130. The van der Waals surface area contributed by atoms with Crippen molar-refractivity contribution in [2.24, 2.45) is 0 Å². The van der Waals surface area contributed by atoms with Gasteiger partial charge in [0, 0.05) is 33.7 Å². The Morgan fingerprint density at radius 1 is 0.963 bits per heavy atom. The topological polar surface area (TPSA) is 62.1 Å². The second-order valence-corrected chi connectivity index (χ2v) is 7.12. The molecule has 5 rings (SSSR count). The molecule has 3 heterocycles. The van der Waals surface area contributed by atoms with Gasteiger partial charge < -0.3 is 24.8 Å². The smallest absolute Gasteiger partial charge is 0.119 e. The van der Waals surface area contributed by atoms with Crippen molar-refractivity contribution < 1.29 is 9.47 Å². The minimum absolute atomic E-state index is 0.261. The maximum absolute atomic E-state index is 5.42. The van der Waals surface area contributed by atoms with Gasteiger partial charge in [-0.3, -0.25) is 0 Å². The second kappa shape index (κ2) is 6.35. The van der Waals surface area contributed by atoms with Crippen LogP contribution in [0.3, 0.4) is 0 Å². The fourth-order valence-electron chi connectivity index (χ4n) is 4.26. The van der Waals surface area contributed by atoms with Gasteiger partial charge >= 0.3 is 0 Å². The molecule has 0 saturated carbocycles. The molecule has 2 aromatic carbocycles. The van der Waals surface area contributed by atoms with Crippen molar-refractivity contribution in [1.29, 1.82) is 0 Å². The largest absolute Gasteiger partial charge is 0.497 e. The van der Waals surface area contributed by atoms with Crippen LogP contribution in [0.25, 0.3) is 21.8 Å². The van der Waals surface area contributed by atoms with E-state index in [1.165, 1.54) is 33.1 Å². The van der Waals surface area contributed by atoms with Gasteiger partial charge in [-0.2, -0.15) is 0 Å². The Morgan fingerprint density at radius 2 is 1.70 bits per heavy atom.